The van der Waals surface area contributed by atoms with Gasteiger partial charge in [-0.15, -0.1) is 0 Å². The molecule has 0 saturated carbocycles. The predicted octanol–water partition coefficient (Wildman–Crippen LogP) is 3.25. The normalized spacial score (nSPS) is 11.7. The molecule has 0 fully saturated rings. The molecule has 0 amide bonds. The zero-order valence-electron chi connectivity index (χ0n) is 12.3. The van der Waals surface area contributed by atoms with Crippen molar-refractivity contribution in [2.24, 2.45) is 0 Å². The lowest BCUT2D eigenvalue weighted by Gasteiger charge is -2.21. The Hall–Kier alpha value is -2.64. The summed E-state index contributed by atoms with van der Waals surface area (Å²) in [6, 6.07) is 20.8. The molecule has 0 aliphatic rings. The van der Waals surface area contributed by atoms with Gasteiger partial charge in [0.1, 0.15) is 12.2 Å². The van der Waals surface area contributed by atoms with Crippen LogP contribution in [0.25, 0.3) is 0 Å². The van der Waals surface area contributed by atoms with Crippen LogP contribution in [0.2, 0.25) is 0 Å². The van der Waals surface area contributed by atoms with Crippen LogP contribution in [0, 0.1) is 11.3 Å². The Balaban J connectivity index is 2.30. The first kappa shape index (κ1) is 15.7. The standard InChI is InChI=1S/C18H17NO3/c1-2-21-18(20)16(13-19)22-17(14-9-5-3-6-10-14)15-11-7-4-8-12-15/h3-12,16-17H,2H2,1H3. The van der Waals surface area contributed by atoms with Crippen molar-refractivity contribution in [2.75, 3.05) is 6.61 Å². The zero-order chi connectivity index (χ0) is 15.8. The van der Waals surface area contributed by atoms with E-state index >= 15 is 0 Å². The molecule has 1 unspecified atom stereocenters. The second-order valence-electron chi connectivity index (χ2n) is 4.60. The second-order valence-corrected chi connectivity index (χ2v) is 4.60. The molecular weight excluding hydrogens is 278 g/mol. The number of carbonyl (C=O) groups is 1. The Morgan fingerprint density at radius 3 is 1.95 bits per heavy atom. The number of benzene rings is 2. The van der Waals surface area contributed by atoms with E-state index in [-0.39, 0.29) is 6.61 Å². The number of ether oxygens (including phenoxy) is 2. The van der Waals surface area contributed by atoms with E-state index in [4.69, 9.17) is 9.47 Å². The molecule has 0 radical (unpaired) electrons. The molecule has 0 heterocycles. The Bertz CT molecular complexity index is 595. The highest BCUT2D eigenvalue weighted by molar-refractivity contribution is 5.77. The summed E-state index contributed by atoms with van der Waals surface area (Å²) >= 11 is 0. The third-order valence-corrected chi connectivity index (χ3v) is 3.09. The van der Waals surface area contributed by atoms with E-state index in [1.165, 1.54) is 0 Å². The van der Waals surface area contributed by atoms with E-state index in [2.05, 4.69) is 0 Å². The maximum Gasteiger partial charge on any atom is 0.350 e. The van der Waals surface area contributed by atoms with Crippen LogP contribution in [0.3, 0.4) is 0 Å². The summed E-state index contributed by atoms with van der Waals surface area (Å²) < 4.78 is 10.6. The third-order valence-electron chi connectivity index (χ3n) is 3.09. The van der Waals surface area contributed by atoms with Crippen molar-refractivity contribution in [3.8, 4) is 6.07 Å². The molecule has 0 spiro atoms. The minimum absolute atomic E-state index is 0.210. The highest BCUT2D eigenvalue weighted by Crippen LogP contribution is 2.27. The van der Waals surface area contributed by atoms with Gasteiger partial charge in [0.25, 0.3) is 0 Å². The fourth-order valence-corrected chi connectivity index (χ4v) is 2.10. The summed E-state index contributed by atoms with van der Waals surface area (Å²) in [5, 5.41) is 9.19. The molecule has 4 nitrogen and oxygen atoms in total. The van der Waals surface area contributed by atoms with Gasteiger partial charge in [-0.25, -0.2) is 4.79 Å². The molecule has 0 bridgehead atoms. The average Bonchev–Trinajstić information content (AvgIpc) is 2.57. The number of esters is 1. The predicted molar refractivity (Wildman–Crippen MR) is 81.8 cm³/mol. The summed E-state index contributed by atoms with van der Waals surface area (Å²) in [7, 11) is 0. The van der Waals surface area contributed by atoms with E-state index in [1.807, 2.05) is 66.7 Å². The lowest BCUT2D eigenvalue weighted by molar-refractivity contribution is -0.155. The molecule has 4 heteroatoms. The van der Waals surface area contributed by atoms with E-state index < -0.39 is 18.2 Å². The molecule has 2 aromatic rings. The summed E-state index contributed by atoms with van der Waals surface area (Å²) in [4.78, 5) is 11.8. The smallest absolute Gasteiger partial charge is 0.350 e. The number of rotatable bonds is 6. The van der Waals surface area contributed by atoms with E-state index in [1.54, 1.807) is 6.92 Å². The number of hydrogen-bond donors (Lipinski definition) is 0. The van der Waals surface area contributed by atoms with Crippen molar-refractivity contribution in [3.63, 3.8) is 0 Å². The Kier molecular flexibility index (Phi) is 5.70. The van der Waals surface area contributed by atoms with E-state index in [0.717, 1.165) is 11.1 Å². The maximum absolute atomic E-state index is 11.8. The highest BCUT2D eigenvalue weighted by atomic mass is 16.6. The molecule has 0 aromatic heterocycles. The second kappa shape index (κ2) is 7.96. The number of hydrogen-bond acceptors (Lipinski definition) is 4. The van der Waals surface area contributed by atoms with Crippen molar-refractivity contribution >= 4 is 5.97 Å². The lowest BCUT2D eigenvalue weighted by atomic mass is 10.0. The van der Waals surface area contributed by atoms with E-state index in [0.29, 0.717) is 0 Å². The minimum atomic E-state index is -1.26. The number of nitriles is 1. The highest BCUT2D eigenvalue weighted by Gasteiger charge is 2.26. The Morgan fingerprint density at radius 1 is 1.05 bits per heavy atom. The molecule has 0 N–H and O–H groups in total. The molecule has 0 aliphatic heterocycles. The fourth-order valence-electron chi connectivity index (χ4n) is 2.10. The fraction of sp³-hybridized carbons (Fsp3) is 0.222. The molecule has 2 aromatic carbocycles. The summed E-state index contributed by atoms with van der Waals surface area (Å²) in [5.74, 6) is -0.665. The molecule has 0 saturated heterocycles. The first-order valence-electron chi connectivity index (χ1n) is 7.08. The maximum atomic E-state index is 11.8. The first-order chi connectivity index (χ1) is 10.8. The van der Waals surface area contributed by atoms with Gasteiger partial charge in [-0.05, 0) is 18.1 Å². The summed E-state index contributed by atoms with van der Waals surface area (Å²) in [5.41, 5.74) is 1.75. The quantitative estimate of drug-likeness (QED) is 0.768. The van der Waals surface area contributed by atoms with Crippen LogP contribution in [-0.2, 0) is 14.3 Å². The monoisotopic (exact) mass is 295 g/mol. The molecule has 22 heavy (non-hydrogen) atoms. The largest absolute Gasteiger partial charge is 0.463 e. The van der Waals surface area contributed by atoms with Gasteiger partial charge in [0.2, 0.25) is 6.10 Å². The topological polar surface area (TPSA) is 59.3 Å². The average molecular weight is 295 g/mol. The van der Waals surface area contributed by atoms with Gasteiger partial charge in [0.15, 0.2) is 0 Å². The third kappa shape index (κ3) is 3.94. The molecular formula is C18H17NO3. The molecule has 0 aliphatic carbocycles. The van der Waals surface area contributed by atoms with Crippen molar-refractivity contribution < 1.29 is 14.3 Å². The summed E-state index contributed by atoms with van der Waals surface area (Å²) in [6.07, 6.45) is -1.76. The van der Waals surface area contributed by atoms with Gasteiger partial charge in [-0.3, -0.25) is 0 Å². The van der Waals surface area contributed by atoms with Crippen LogP contribution in [-0.4, -0.2) is 18.7 Å². The van der Waals surface area contributed by atoms with Crippen LogP contribution < -0.4 is 0 Å². The Morgan fingerprint density at radius 2 is 1.55 bits per heavy atom. The SMILES string of the molecule is CCOC(=O)C(C#N)OC(c1ccccc1)c1ccccc1. The van der Waals surface area contributed by atoms with Gasteiger partial charge in [-0.1, -0.05) is 60.7 Å². The zero-order valence-corrected chi connectivity index (χ0v) is 12.3. The van der Waals surface area contributed by atoms with Crippen molar-refractivity contribution in [1.82, 2.24) is 0 Å². The van der Waals surface area contributed by atoms with Crippen molar-refractivity contribution in [1.29, 1.82) is 5.26 Å². The van der Waals surface area contributed by atoms with Crippen LogP contribution in [0.1, 0.15) is 24.2 Å². The van der Waals surface area contributed by atoms with Gasteiger partial charge < -0.3 is 9.47 Å². The van der Waals surface area contributed by atoms with Gasteiger partial charge in [-0.2, -0.15) is 5.26 Å². The van der Waals surface area contributed by atoms with Gasteiger partial charge in [0.05, 0.1) is 6.61 Å². The molecule has 2 rings (SSSR count). The van der Waals surface area contributed by atoms with Crippen LogP contribution in [0.15, 0.2) is 60.7 Å². The Labute approximate surface area is 129 Å². The number of nitrogens with zero attached hydrogens (tertiary/aromatic N) is 1. The molecule has 1 atom stereocenters. The summed E-state index contributed by atoms with van der Waals surface area (Å²) in [6.45, 7) is 1.90. The minimum Gasteiger partial charge on any atom is -0.463 e. The van der Waals surface area contributed by atoms with E-state index in [9.17, 15) is 10.1 Å². The molecule has 112 valence electrons. The first-order valence-corrected chi connectivity index (χ1v) is 7.08. The van der Waals surface area contributed by atoms with Crippen molar-refractivity contribution in [2.45, 2.75) is 19.1 Å². The lowest BCUT2D eigenvalue weighted by Crippen LogP contribution is -2.27. The van der Waals surface area contributed by atoms with Crippen LogP contribution in [0.4, 0.5) is 0 Å². The van der Waals surface area contributed by atoms with Crippen LogP contribution >= 0.6 is 0 Å². The van der Waals surface area contributed by atoms with Gasteiger partial charge in [0, 0.05) is 0 Å². The van der Waals surface area contributed by atoms with Gasteiger partial charge >= 0.3 is 5.97 Å². The van der Waals surface area contributed by atoms with Crippen molar-refractivity contribution in [3.05, 3.63) is 71.8 Å². The number of carbonyl (C=O) groups excluding carboxylic acids is 1. The van der Waals surface area contributed by atoms with Crippen LogP contribution in [0.5, 0.6) is 0 Å².